The van der Waals surface area contributed by atoms with Gasteiger partial charge in [0.05, 0.1) is 5.75 Å². The Labute approximate surface area is 178 Å². The van der Waals surface area contributed by atoms with Crippen LogP contribution in [0, 0.1) is 0 Å². The molecule has 5 nitrogen and oxygen atoms in total. The first-order valence-corrected chi connectivity index (χ1v) is 11.7. The molecule has 1 amide bonds. The van der Waals surface area contributed by atoms with Crippen LogP contribution in [-0.4, -0.2) is 31.0 Å². The van der Waals surface area contributed by atoms with E-state index in [1.54, 1.807) is 24.3 Å². The average molecular weight is 426 g/mol. The summed E-state index contributed by atoms with van der Waals surface area (Å²) in [5, 5.41) is 2.13. The van der Waals surface area contributed by atoms with E-state index in [4.69, 9.17) is 4.18 Å². The second-order valence-corrected chi connectivity index (χ2v) is 9.19. The first-order chi connectivity index (χ1) is 14.3. The maximum absolute atomic E-state index is 13.3. The molecular formula is C24H27NO4S. The Morgan fingerprint density at radius 2 is 1.63 bits per heavy atom. The fourth-order valence-corrected chi connectivity index (χ4v) is 3.71. The van der Waals surface area contributed by atoms with Crippen molar-refractivity contribution in [2.24, 2.45) is 0 Å². The van der Waals surface area contributed by atoms with E-state index in [9.17, 15) is 13.2 Å². The second-order valence-electron chi connectivity index (χ2n) is 7.33. The van der Waals surface area contributed by atoms with Crippen LogP contribution >= 0.6 is 0 Å². The highest BCUT2D eigenvalue weighted by molar-refractivity contribution is 7.87. The Hall–Kier alpha value is -2.86. The van der Waals surface area contributed by atoms with Gasteiger partial charge in [0.25, 0.3) is 5.91 Å². The van der Waals surface area contributed by atoms with Crippen LogP contribution in [-0.2, 0) is 16.7 Å². The molecule has 1 atom stereocenters. The molecule has 0 aliphatic heterocycles. The molecule has 3 aromatic rings. The molecule has 0 bridgehead atoms. The van der Waals surface area contributed by atoms with Gasteiger partial charge in [-0.1, -0.05) is 49.4 Å². The fraction of sp³-hybridized carbons (Fsp3) is 0.292. The SMILES string of the molecule is CC[C@H](C)N(Cc1ccc(OS(=O)(=O)CC)cc1)C(=O)c1ccc2ccccc2c1. The molecule has 6 heteroatoms. The molecule has 0 heterocycles. The molecule has 0 aliphatic carbocycles. The summed E-state index contributed by atoms with van der Waals surface area (Å²) in [6.07, 6.45) is 0.829. The van der Waals surface area contributed by atoms with E-state index in [-0.39, 0.29) is 23.5 Å². The van der Waals surface area contributed by atoms with Crippen LogP contribution in [0.4, 0.5) is 0 Å². The van der Waals surface area contributed by atoms with Gasteiger partial charge in [0.15, 0.2) is 0 Å². The maximum atomic E-state index is 13.3. The van der Waals surface area contributed by atoms with Gasteiger partial charge >= 0.3 is 10.1 Å². The second kappa shape index (κ2) is 9.30. The van der Waals surface area contributed by atoms with Crippen molar-refractivity contribution in [1.29, 1.82) is 0 Å². The monoisotopic (exact) mass is 425 g/mol. The Morgan fingerprint density at radius 3 is 2.27 bits per heavy atom. The van der Waals surface area contributed by atoms with Crippen LogP contribution in [0.2, 0.25) is 0 Å². The van der Waals surface area contributed by atoms with E-state index in [0.717, 1.165) is 22.8 Å². The third-order valence-electron chi connectivity index (χ3n) is 5.23. The van der Waals surface area contributed by atoms with Gasteiger partial charge in [-0.3, -0.25) is 4.79 Å². The predicted molar refractivity (Wildman–Crippen MR) is 120 cm³/mol. The third-order valence-corrected chi connectivity index (χ3v) is 6.39. The van der Waals surface area contributed by atoms with E-state index in [1.807, 2.05) is 54.3 Å². The number of fused-ring (bicyclic) bond motifs is 1. The summed E-state index contributed by atoms with van der Waals surface area (Å²) in [4.78, 5) is 15.2. The van der Waals surface area contributed by atoms with E-state index in [0.29, 0.717) is 12.1 Å². The minimum absolute atomic E-state index is 0.0241. The quantitative estimate of drug-likeness (QED) is 0.476. The molecule has 3 rings (SSSR count). The van der Waals surface area contributed by atoms with Gasteiger partial charge in [0, 0.05) is 18.2 Å². The minimum Gasteiger partial charge on any atom is -0.382 e. The Bertz CT molecular complexity index is 1120. The van der Waals surface area contributed by atoms with E-state index in [2.05, 4.69) is 6.92 Å². The number of carbonyl (C=O) groups excluding carboxylic acids is 1. The van der Waals surface area contributed by atoms with E-state index < -0.39 is 10.1 Å². The lowest BCUT2D eigenvalue weighted by molar-refractivity contribution is 0.0672. The first kappa shape index (κ1) is 21.8. The zero-order valence-corrected chi connectivity index (χ0v) is 18.4. The molecule has 0 N–H and O–H groups in total. The lowest BCUT2D eigenvalue weighted by atomic mass is 10.0. The number of amides is 1. The Balaban J connectivity index is 1.82. The van der Waals surface area contributed by atoms with Crippen molar-refractivity contribution >= 4 is 26.8 Å². The van der Waals surface area contributed by atoms with Crippen molar-refractivity contribution in [2.75, 3.05) is 5.75 Å². The van der Waals surface area contributed by atoms with Crippen LogP contribution in [0.25, 0.3) is 10.8 Å². The zero-order chi connectivity index (χ0) is 21.7. The van der Waals surface area contributed by atoms with Crippen LogP contribution in [0.15, 0.2) is 66.7 Å². The van der Waals surface area contributed by atoms with Crippen molar-refractivity contribution in [2.45, 2.75) is 39.8 Å². The predicted octanol–water partition coefficient (Wildman–Crippen LogP) is 5.01. The van der Waals surface area contributed by atoms with Crippen molar-refractivity contribution in [1.82, 2.24) is 4.90 Å². The third kappa shape index (κ3) is 5.19. The van der Waals surface area contributed by atoms with Crippen LogP contribution in [0.5, 0.6) is 5.75 Å². The zero-order valence-electron chi connectivity index (χ0n) is 17.5. The summed E-state index contributed by atoms with van der Waals surface area (Å²) in [5.74, 6) is 0.164. The van der Waals surface area contributed by atoms with Crippen molar-refractivity contribution < 1.29 is 17.4 Å². The van der Waals surface area contributed by atoms with E-state index in [1.165, 1.54) is 6.92 Å². The molecular weight excluding hydrogens is 398 g/mol. The summed E-state index contributed by atoms with van der Waals surface area (Å²) in [6.45, 7) is 6.05. The average Bonchev–Trinajstić information content (AvgIpc) is 2.77. The standard InChI is InChI=1S/C24H27NO4S/c1-4-18(3)25(17-19-10-14-23(15-11-19)29-30(27,28)5-2)24(26)22-13-12-20-8-6-7-9-21(20)16-22/h6-16,18H,4-5,17H2,1-3H3/t18-/m0/s1. The topological polar surface area (TPSA) is 63.7 Å². The minimum atomic E-state index is -3.56. The van der Waals surface area contributed by atoms with Gasteiger partial charge in [-0.2, -0.15) is 8.42 Å². The molecule has 0 radical (unpaired) electrons. The van der Waals surface area contributed by atoms with Gasteiger partial charge in [0.2, 0.25) is 0 Å². The summed E-state index contributed by atoms with van der Waals surface area (Å²) in [5.41, 5.74) is 1.56. The highest BCUT2D eigenvalue weighted by Gasteiger charge is 2.21. The van der Waals surface area contributed by atoms with Gasteiger partial charge in [0.1, 0.15) is 5.75 Å². The molecule has 3 aromatic carbocycles. The number of hydrogen-bond acceptors (Lipinski definition) is 4. The summed E-state index contributed by atoms with van der Waals surface area (Å²) < 4.78 is 28.3. The maximum Gasteiger partial charge on any atom is 0.308 e. The largest absolute Gasteiger partial charge is 0.382 e. The van der Waals surface area contributed by atoms with Crippen molar-refractivity contribution in [3.05, 3.63) is 77.9 Å². The van der Waals surface area contributed by atoms with Crippen LogP contribution in [0.3, 0.4) is 0 Å². The van der Waals surface area contributed by atoms with Crippen molar-refractivity contribution in [3.63, 3.8) is 0 Å². The van der Waals surface area contributed by atoms with Gasteiger partial charge in [-0.05, 0) is 60.9 Å². The van der Waals surface area contributed by atoms with Crippen molar-refractivity contribution in [3.8, 4) is 5.75 Å². The lowest BCUT2D eigenvalue weighted by Gasteiger charge is -2.29. The Kier molecular flexibility index (Phi) is 6.77. The molecule has 0 aromatic heterocycles. The number of carbonyl (C=O) groups is 1. The van der Waals surface area contributed by atoms with Crippen LogP contribution in [0.1, 0.15) is 43.1 Å². The number of hydrogen-bond donors (Lipinski definition) is 0. The molecule has 0 aliphatic rings. The van der Waals surface area contributed by atoms with Gasteiger partial charge in [-0.15, -0.1) is 0 Å². The Morgan fingerprint density at radius 1 is 0.967 bits per heavy atom. The van der Waals surface area contributed by atoms with Crippen LogP contribution < -0.4 is 4.18 Å². The highest BCUT2D eigenvalue weighted by atomic mass is 32.2. The van der Waals surface area contributed by atoms with E-state index >= 15 is 0 Å². The summed E-state index contributed by atoms with van der Waals surface area (Å²) in [7, 11) is -3.56. The highest BCUT2D eigenvalue weighted by Crippen LogP contribution is 2.21. The summed E-state index contributed by atoms with van der Waals surface area (Å²) >= 11 is 0. The number of rotatable bonds is 8. The summed E-state index contributed by atoms with van der Waals surface area (Å²) in [6, 6.07) is 20.6. The molecule has 0 saturated carbocycles. The molecule has 158 valence electrons. The fourth-order valence-electron chi connectivity index (χ4n) is 3.19. The smallest absolute Gasteiger partial charge is 0.308 e. The molecule has 30 heavy (non-hydrogen) atoms. The van der Waals surface area contributed by atoms with Gasteiger partial charge in [-0.25, -0.2) is 0 Å². The van der Waals surface area contributed by atoms with Gasteiger partial charge < -0.3 is 9.08 Å². The molecule has 0 unspecified atom stereocenters. The molecule has 0 spiro atoms. The normalized spacial score (nSPS) is 12.5. The first-order valence-electron chi connectivity index (χ1n) is 10.1. The lowest BCUT2D eigenvalue weighted by Crippen LogP contribution is -2.37. The molecule has 0 saturated heterocycles. The number of nitrogens with zero attached hydrogens (tertiary/aromatic N) is 1. The number of benzene rings is 3. The molecule has 0 fully saturated rings.